The van der Waals surface area contributed by atoms with Crippen LogP contribution in [0.5, 0.6) is 0 Å². The van der Waals surface area contributed by atoms with E-state index in [1.807, 2.05) is 0 Å². The van der Waals surface area contributed by atoms with Crippen molar-refractivity contribution in [2.45, 2.75) is 12.8 Å². The Hall–Kier alpha value is -7.54. The van der Waals surface area contributed by atoms with E-state index in [1.165, 1.54) is 131 Å². The predicted octanol–water partition coefficient (Wildman–Crippen LogP) is 16.3. The maximum atomic E-state index is 2.55. The molecule has 0 heterocycles. The van der Waals surface area contributed by atoms with Crippen molar-refractivity contribution in [1.29, 1.82) is 0 Å². The van der Waals surface area contributed by atoms with Crippen molar-refractivity contribution in [2.24, 2.45) is 0 Å². The summed E-state index contributed by atoms with van der Waals surface area (Å²) in [7, 11) is 0. The second-order valence-electron chi connectivity index (χ2n) is 16.7. The number of rotatable bonds is 6. The zero-order chi connectivity index (χ0) is 39.3. The first-order valence-electron chi connectivity index (χ1n) is 21.2. The predicted molar refractivity (Wildman–Crippen MR) is 258 cm³/mol. The van der Waals surface area contributed by atoms with Crippen LogP contribution in [0.3, 0.4) is 0 Å². The van der Waals surface area contributed by atoms with E-state index in [0.717, 1.165) is 12.8 Å². The minimum Gasteiger partial charge on any atom is -0.0622 e. The fourth-order valence-electron chi connectivity index (χ4n) is 10.9. The maximum Gasteiger partial charge on any atom is -0.000697 e. The molecule has 0 atom stereocenters. The minimum absolute atomic E-state index is 0.879. The van der Waals surface area contributed by atoms with Crippen LogP contribution in [0.4, 0.5) is 0 Å². The van der Waals surface area contributed by atoms with E-state index in [0.29, 0.717) is 0 Å². The van der Waals surface area contributed by atoms with E-state index in [-0.39, 0.29) is 0 Å². The van der Waals surface area contributed by atoms with E-state index >= 15 is 0 Å². The van der Waals surface area contributed by atoms with Gasteiger partial charge in [-0.1, -0.05) is 194 Å². The van der Waals surface area contributed by atoms with E-state index in [1.54, 1.807) is 0 Å². The van der Waals surface area contributed by atoms with Gasteiger partial charge in [-0.05, 0) is 156 Å². The molecule has 13 aromatic carbocycles. The van der Waals surface area contributed by atoms with Crippen molar-refractivity contribution in [3.8, 4) is 22.3 Å². The third-order valence-corrected chi connectivity index (χ3v) is 13.3. The van der Waals surface area contributed by atoms with Gasteiger partial charge in [-0.25, -0.2) is 0 Å². The first-order valence-corrected chi connectivity index (χ1v) is 21.2. The Morgan fingerprint density at radius 2 is 0.817 bits per heavy atom. The third kappa shape index (κ3) is 4.85. The van der Waals surface area contributed by atoms with Crippen molar-refractivity contribution in [3.63, 3.8) is 0 Å². The monoisotopic (exact) mass is 758 g/mol. The molecule has 0 aliphatic heterocycles. The number of hydrogen-bond donors (Lipinski definition) is 0. The summed E-state index contributed by atoms with van der Waals surface area (Å²) in [6.07, 6.45) is 1.79. The lowest BCUT2D eigenvalue weighted by molar-refractivity contribution is 1.20. The molecular formula is C60H38. The Morgan fingerprint density at radius 3 is 1.57 bits per heavy atom. The van der Waals surface area contributed by atoms with Crippen LogP contribution in [-0.2, 0) is 12.8 Å². The molecule has 0 aromatic heterocycles. The quantitative estimate of drug-likeness (QED) is 0.148. The third-order valence-electron chi connectivity index (χ3n) is 13.3. The van der Waals surface area contributed by atoms with Gasteiger partial charge >= 0.3 is 0 Å². The van der Waals surface area contributed by atoms with Gasteiger partial charge in [-0.15, -0.1) is 0 Å². The van der Waals surface area contributed by atoms with Crippen LogP contribution in [0.15, 0.2) is 206 Å². The lowest BCUT2D eigenvalue weighted by Gasteiger charge is -2.19. The molecule has 0 amide bonds. The summed E-state index contributed by atoms with van der Waals surface area (Å²) in [6.45, 7) is 0. The van der Waals surface area contributed by atoms with Gasteiger partial charge in [0.2, 0.25) is 0 Å². The summed E-state index contributed by atoms with van der Waals surface area (Å²) < 4.78 is 0. The van der Waals surface area contributed by atoms with Crippen LogP contribution >= 0.6 is 0 Å². The average Bonchev–Trinajstić information content (AvgIpc) is 3.80. The van der Waals surface area contributed by atoms with Gasteiger partial charge in [0.15, 0.2) is 0 Å². The smallest absolute Gasteiger partial charge is 0.000697 e. The van der Waals surface area contributed by atoms with E-state index < -0.39 is 0 Å². The number of fused-ring (bicyclic) bond motifs is 10. The number of benzene rings is 11. The SMILES string of the molecule is c1ccc(Cc2ccc3c(c2)c2cccc4c5c(-c6ccccc6)c6c7cc8ccccc8c8c(Cc9ccccc9)ccc(c6c(-c6ccccc6)c5cc3c24)c78)cc1. The average molecular weight is 759 g/mol. The Bertz CT molecular complexity index is 3770. The molecule has 278 valence electrons. The summed E-state index contributed by atoms with van der Waals surface area (Å²) in [5, 5.41) is 21.3. The summed E-state index contributed by atoms with van der Waals surface area (Å²) >= 11 is 0. The maximum absolute atomic E-state index is 2.55. The molecule has 0 radical (unpaired) electrons. The lowest BCUT2D eigenvalue weighted by atomic mass is 9.84. The molecule has 13 aromatic rings. The Morgan fingerprint density at radius 1 is 0.233 bits per heavy atom. The second-order valence-corrected chi connectivity index (χ2v) is 16.7. The molecule has 0 N–H and O–H groups in total. The molecule has 0 fully saturated rings. The molecular weight excluding hydrogens is 721 g/mol. The van der Waals surface area contributed by atoms with E-state index in [2.05, 4.69) is 206 Å². The van der Waals surface area contributed by atoms with Gasteiger partial charge in [0.05, 0.1) is 0 Å². The molecule has 0 nitrogen and oxygen atoms in total. The van der Waals surface area contributed by atoms with Crippen molar-refractivity contribution in [1.82, 2.24) is 0 Å². The van der Waals surface area contributed by atoms with E-state index in [9.17, 15) is 0 Å². The summed E-state index contributed by atoms with van der Waals surface area (Å²) in [4.78, 5) is 0. The summed E-state index contributed by atoms with van der Waals surface area (Å²) in [6, 6.07) is 77.4. The van der Waals surface area contributed by atoms with Crippen molar-refractivity contribution in [3.05, 3.63) is 229 Å². The summed E-state index contributed by atoms with van der Waals surface area (Å²) in [5.41, 5.74) is 10.5. The molecule has 0 bridgehead atoms. The van der Waals surface area contributed by atoms with Gasteiger partial charge in [-0.2, -0.15) is 0 Å². The molecule has 0 aliphatic rings. The topological polar surface area (TPSA) is 0 Å². The molecule has 0 unspecified atom stereocenters. The largest absolute Gasteiger partial charge is 0.0622 e. The van der Waals surface area contributed by atoms with E-state index in [4.69, 9.17) is 0 Å². The Labute approximate surface area is 348 Å². The fraction of sp³-hybridized carbons (Fsp3) is 0.0333. The van der Waals surface area contributed by atoms with Crippen molar-refractivity contribution < 1.29 is 0 Å². The molecule has 0 saturated carbocycles. The van der Waals surface area contributed by atoms with Crippen LogP contribution < -0.4 is 0 Å². The summed E-state index contributed by atoms with van der Waals surface area (Å²) in [5.74, 6) is 0. The molecule has 13 rings (SSSR count). The first kappa shape index (κ1) is 33.4. The normalized spacial score (nSPS) is 12.1. The zero-order valence-corrected chi connectivity index (χ0v) is 33.0. The van der Waals surface area contributed by atoms with Gasteiger partial charge in [0.1, 0.15) is 0 Å². The van der Waals surface area contributed by atoms with Crippen LogP contribution in [-0.4, -0.2) is 0 Å². The van der Waals surface area contributed by atoms with Crippen LogP contribution in [0, 0.1) is 0 Å². The van der Waals surface area contributed by atoms with Gasteiger partial charge < -0.3 is 0 Å². The zero-order valence-electron chi connectivity index (χ0n) is 33.0. The lowest BCUT2D eigenvalue weighted by Crippen LogP contribution is -1.91. The Kier molecular flexibility index (Phi) is 7.23. The second kappa shape index (κ2) is 13.0. The van der Waals surface area contributed by atoms with Crippen molar-refractivity contribution in [2.75, 3.05) is 0 Å². The highest BCUT2D eigenvalue weighted by Crippen LogP contribution is 2.55. The van der Waals surface area contributed by atoms with Gasteiger partial charge in [-0.3, -0.25) is 0 Å². The fourth-order valence-corrected chi connectivity index (χ4v) is 10.9. The van der Waals surface area contributed by atoms with Gasteiger partial charge in [0.25, 0.3) is 0 Å². The molecule has 0 spiro atoms. The van der Waals surface area contributed by atoms with Crippen molar-refractivity contribution >= 4 is 86.2 Å². The molecule has 0 aliphatic carbocycles. The molecule has 0 saturated heterocycles. The Balaban J connectivity index is 1.25. The highest BCUT2D eigenvalue weighted by Gasteiger charge is 2.27. The highest BCUT2D eigenvalue weighted by molar-refractivity contribution is 6.46. The van der Waals surface area contributed by atoms with Crippen LogP contribution in [0.2, 0.25) is 0 Å². The first-order chi connectivity index (χ1) is 29.8. The molecule has 0 heteroatoms. The standard InChI is InChI=1S/C60H38/c1-5-16-37(17-6-1)32-39-28-30-45-49(34-39)46-26-15-27-47-56(46)50(45)36-52-53(40-20-9-3-10-21-40)59-48-31-29-43(33-38-18-7-2-8-19-38)54-44-25-14-13-24-42(44)35-51(57(48)54)60(59)55(58(47)52)41-22-11-4-12-23-41/h1-31,34-36H,32-33H2. The van der Waals surface area contributed by atoms with Crippen LogP contribution in [0.25, 0.3) is 108 Å². The minimum atomic E-state index is 0.879. The highest BCUT2D eigenvalue weighted by atomic mass is 14.3. The van der Waals surface area contributed by atoms with Gasteiger partial charge in [0, 0.05) is 0 Å². The number of hydrogen-bond acceptors (Lipinski definition) is 0. The van der Waals surface area contributed by atoms with Crippen LogP contribution in [0.1, 0.15) is 22.3 Å². The molecule has 60 heavy (non-hydrogen) atoms.